The molecule has 0 aromatic heterocycles. The summed E-state index contributed by atoms with van der Waals surface area (Å²) in [6.07, 6.45) is 6.15. The predicted molar refractivity (Wildman–Crippen MR) is 115 cm³/mol. The first-order chi connectivity index (χ1) is 13.2. The van der Waals surface area contributed by atoms with Gasteiger partial charge in [0.1, 0.15) is 6.17 Å². The average molecular weight is 359 g/mol. The smallest absolute Gasteiger partial charge is 0.115 e. The van der Waals surface area contributed by atoms with Gasteiger partial charge < -0.3 is 10.2 Å². The summed E-state index contributed by atoms with van der Waals surface area (Å²) in [4.78, 5) is 2.58. The standard InChI is InChI=1S/C25H30N2/c1-5-8-12-18-13-11-16-21-22(18)26-23-25(7-3)17(4)24(25,6-2)19-14-9-10-15-20(19)27(21)23/h9-11,13-16,23,26H,4-8,12H2,1-3H3. The molecule has 1 aliphatic carbocycles. The van der Waals surface area contributed by atoms with Crippen molar-refractivity contribution in [3.05, 3.63) is 65.7 Å². The highest BCUT2D eigenvalue weighted by Crippen LogP contribution is 2.79. The second-order valence-corrected chi connectivity index (χ2v) is 8.41. The van der Waals surface area contributed by atoms with E-state index in [4.69, 9.17) is 0 Å². The molecule has 2 aliphatic heterocycles. The third-order valence-corrected chi connectivity index (χ3v) is 7.66. The van der Waals surface area contributed by atoms with Crippen LogP contribution in [0.5, 0.6) is 0 Å². The fourth-order valence-electron chi connectivity index (χ4n) is 6.37. The van der Waals surface area contributed by atoms with Gasteiger partial charge in [0.15, 0.2) is 0 Å². The number of nitrogens with one attached hydrogen (secondary N) is 1. The minimum atomic E-state index is 0.122. The first kappa shape index (κ1) is 16.9. The van der Waals surface area contributed by atoms with Crippen LogP contribution in [0.2, 0.25) is 0 Å². The van der Waals surface area contributed by atoms with Gasteiger partial charge in [0.25, 0.3) is 0 Å². The van der Waals surface area contributed by atoms with Crippen molar-refractivity contribution >= 4 is 17.1 Å². The number of aryl methyl sites for hydroxylation is 1. The van der Waals surface area contributed by atoms with E-state index < -0.39 is 0 Å². The van der Waals surface area contributed by atoms with Crippen LogP contribution in [0, 0.1) is 5.41 Å². The van der Waals surface area contributed by atoms with Gasteiger partial charge in [-0.2, -0.15) is 0 Å². The monoisotopic (exact) mass is 358 g/mol. The quantitative estimate of drug-likeness (QED) is 0.610. The number of para-hydroxylation sites is 2. The Kier molecular flexibility index (Phi) is 3.53. The molecule has 0 saturated heterocycles. The van der Waals surface area contributed by atoms with Gasteiger partial charge in [-0.05, 0) is 48.9 Å². The second-order valence-electron chi connectivity index (χ2n) is 8.41. The minimum Gasteiger partial charge on any atom is -0.362 e. The van der Waals surface area contributed by atoms with E-state index in [1.165, 1.54) is 46.6 Å². The van der Waals surface area contributed by atoms with Crippen LogP contribution in [0.15, 0.2) is 54.6 Å². The number of anilines is 3. The lowest BCUT2D eigenvalue weighted by molar-refractivity contribution is 0.332. The minimum absolute atomic E-state index is 0.122. The molecule has 27 heavy (non-hydrogen) atoms. The molecule has 3 unspecified atom stereocenters. The van der Waals surface area contributed by atoms with Crippen LogP contribution in [0.4, 0.5) is 17.1 Å². The van der Waals surface area contributed by atoms with Crippen molar-refractivity contribution in [2.45, 2.75) is 64.5 Å². The molecule has 3 aliphatic rings. The second kappa shape index (κ2) is 5.64. The molecule has 1 N–H and O–H groups in total. The fraction of sp³-hybridized carbons (Fsp3) is 0.440. The largest absolute Gasteiger partial charge is 0.362 e. The van der Waals surface area contributed by atoms with Gasteiger partial charge in [0.2, 0.25) is 0 Å². The molecular formula is C25H30N2. The Morgan fingerprint density at radius 2 is 1.78 bits per heavy atom. The molecule has 2 aromatic rings. The van der Waals surface area contributed by atoms with Crippen LogP contribution < -0.4 is 10.2 Å². The molecule has 0 radical (unpaired) electrons. The molecule has 5 rings (SSSR count). The highest BCUT2D eigenvalue weighted by atomic mass is 15.4. The number of unbranched alkanes of at least 4 members (excludes halogenated alkanes) is 1. The van der Waals surface area contributed by atoms with Crippen molar-refractivity contribution < 1.29 is 0 Å². The van der Waals surface area contributed by atoms with Crippen molar-refractivity contribution in [3.8, 4) is 0 Å². The van der Waals surface area contributed by atoms with Crippen LogP contribution in [0.25, 0.3) is 0 Å². The third-order valence-electron chi connectivity index (χ3n) is 7.66. The summed E-state index contributed by atoms with van der Waals surface area (Å²) in [5.41, 5.74) is 8.67. The molecule has 1 saturated carbocycles. The topological polar surface area (TPSA) is 15.3 Å². The van der Waals surface area contributed by atoms with Crippen LogP contribution in [-0.4, -0.2) is 6.17 Å². The summed E-state index contributed by atoms with van der Waals surface area (Å²) in [7, 11) is 0. The molecule has 3 atom stereocenters. The van der Waals surface area contributed by atoms with Crippen molar-refractivity contribution in [2.75, 3.05) is 10.2 Å². The molecule has 2 heteroatoms. The van der Waals surface area contributed by atoms with Crippen LogP contribution in [-0.2, 0) is 11.8 Å². The molecular weight excluding hydrogens is 328 g/mol. The Morgan fingerprint density at radius 3 is 2.52 bits per heavy atom. The van der Waals surface area contributed by atoms with E-state index in [1.807, 2.05) is 0 Å². The lowest BCUT2D eigenvalue weighted by atomic mass is 9.76. The molecule has 140 valence electrons. The van der Waals surface area contributed by atoms with Gasteiger partial charge in [-0.3, -0.25) is 0 Å². The normalized spacial score (nSPS) is 29.5. The van der Waals surface area contributed by atoms with Gasteiger partial charge >= 0.3 is 0 Å². The van der Waals surface area contributed by atoms with E-state index in [-0.39, 0.29) is 17.0 Å². The maximum absolute atomic E-state index is 4.62. The number of fused-ring (bicyclic) bond motifs is 8. The fourth-order valence-corrected chi connectivity index (χ4v) is 6.37. The third kappa shape index (κ3) is 1.77. The van der Waals surface area contributed by atoms with Gasteiger partial charge in [-0.15, -0.1) is 0 Å². The van der Waals surface area contributed by atoms with E-state index in [2.05, 4.69) is 80.0 Å². The Balaban J connectivity index is 1.73. The summed E-state index contributed by atoms with van der Waals surface area (Å²) in [6.45, 7) is 11.6. The number of benzene rings is 2. The lowest BCUT2D eigenvalue weighted by Gasteiger charge is -2.42. The Morgan fingerprint density at radius 1 is 1.00 bits per heavy atom. The highest BCUT2D eigenvalue weighted by Gasteiger charge is 2.77. The average Bonchev–Trinajstić information content (AvgIpc) is 3.04. The van der Waals surface area contributed by atoms with Gasteiger partial charge in [-0.25, -0.2) is 0 Å². The molecule has 0 amide bonds. The Hall–Kier alpha value is -2.22. The van der Waals surface area contributed by atoms with Crippen LogP contribution >= 0.6 is 0 Å². The molecule has 0 spiro atoms. The summed E-state index contributed by atoms with van der Waals surface area (Å²) in [5.74, 6) is 0. The van der Waals surface area contributed by atoms with Gasteiger partial charge in [-0.1, -0.05) is 69.7 Å². The zero-order valence-electron chi connectivity index (χ0n) is 16.8. The van der Waals surface area contributed by atoms with Crippen molar-refractivity contribution in [1.82, 2.24) is 0 Å². The Labute approximate surface area is 163 Å². The van der Waals surface area contributed by atoms with Crippen molar-refractivity contribution in [1.29, 1.82) is 0 Å². The first-order valence-corrected chi connectivity index (χ1v) is 10.6. The zero-order valence-corrected chi connectivity index (χ0v) is 16.8. The summed E-state index contributed by atoms with van der Waals surface area (Å²) in [5, 5.41) is 3.99. The van der Waals surface area contributed by atoms with Gasteiger partial charge in [0.05, 0.1) is 11.4 Å². The van der Waals surface area contributed by atoms with Crippen molar-refractivity contribution in [3.63, 3.8) is 0 Å². The van der Waals surface area contributed by atoms with Gasteiger partial charge in [0, 0.05) is 16.5 Å². The summed E-state index contributed by atoms with van der Waals surface area (Å²) < 4.78 is 0. The van der Waals surface area contributed by atoms with Crippen LogP contribution in [0.1, 0.15) is 57.6 Å². The number of rotatable bonds is 5. The molecule has 2 nitrogen and oxygen atoms in total. The SMILES string of the molecule is C=C1C2(CC)c3ccccc3N3c4cccc(CCCC)c4NC3C12CC. The van der Waals surface area contributed by atoms with E-state index >= 15 is 0 Å². The number of hydrogen-bond acceptors (Lipinski definition) is 2. The molecule has 1 fully saturated rings. The van der Waals surface area contributed by atoms with E-state index in [1.54, 1.807) is 0 Å². The maximum atomic E-state index is 4.62. The highest BCUT2D eigenvalue weighted by molar-refractivity contribution is 5.91. The van der Waals surface area contributed by atoms with Crippen LogP contribution in [0.3, 0.4) is 0 Å². The molecule has 2 aromatic carbocycles. The summed E-state index contributed by atoms with van der Waals surface area (Å²) in [6, 6.07) is 15.9. The van der Waals surface area contributed by atoms with E-state index in [0.717, 1.165) is 19.3 Å². The van der Waals surface area contributed by atoms with Crippen molar-refractivity contribution in [2.24, 2.45) is 5.41 Å². The lowest BCUT2D eigenvalue weighted by Crippen LogP contribution is -2.47. The predicted octanol–water partition coefficient (Wildman–Crippen LogP) is 6.55. The Bertz CT molecular complexity index is 930. The van der Waals surface area contributed by atoms with E-state index in [0.29, 0.717) is 0 Å². The maximum Gasteiger partial charge on any atom is 0.115 e. The van der Waals surface area contributed by atoms with E-state index in [9.17, 15) is 0 Å². The zero-order chi connectivity index (χ0) is 18.8. The number of hydrogen-bond donors (Lipinski definition) is 1. The number of nitrogens with zero attached hydrogens (tertiary/aromatic N) is 1. The molecule has 0 bridgehead atoms. The first-order valence-electron chi connectivity index (χ1n) is 10.6. The summed E-state index contributed by atoms with van der Waals surface area (Å²) >= 11 is 0. The molecule has 2 heterocycles.